The highest BCUT2D eigenvalue weighted by atomic mass is 16.6. The highest BCUT2D eigenvalue weighted by molar-refractivity contribution is 6.08. The maximum atomic E-state index is 12.7. The summed E-state index contributed by atoms with van der Waals surface area (Å²) in [6.45, 7) is 3.81. The molecule has 4 aromatic rings. The first kappa shape index (κ1) is 19.1. The molecule has 4 rings (SSSR count). The second kappa shape index (κ2) is 7.63. The van der Waals surface area contributed by atoms with Crippen molar-refractivity contribution in [2.75, 3.05) is 5.32 Å². The van der Waals surface area contributed by atoms with E-state index >= 15 is 0 Å². The number of ether oxygens (including phenoxy) is 1. The number of hydrogen-bond acceptors (Lipinski definition) is 6. The smallest absolute Gasteiger partial charge is 0.275 e. The third kappa shape index (κ3) is 3.81. The Labute approximate surface area is 171 Å². The average Bonchev–Trinajstić information content (AvgIpc) is 3.15. The van der Waals surface area contributed by atoms with Crippen LogP contribution in [-0.4, -0.2) is 25.4 Å². The van der Waals surface area contributed by atoms with Crippen LogP contribution in [0, 0.1) is 24.0 Å². The first-order chi connectivity index (χ1) is 14.4. The summed E-state index contributed by atoms with van der Waals surface area (Å²) in [5.41, 5.74) is 2.53. The van der Waals surface area contributed by atoms with Crippen LogP contribution in [0.3, 0.4) is 0 Å². The molecule has 9 heteroatoms. The lowest BCUT2D eigenvalue weighted by Crippen LogP contribution is -2.12. The van der Waals surface area contributed by atoms with Crippen molar-refractivity contribution < 1.29 is 14.5 Å². The summed E-state index contributed by atoms with van der Waals surface area (Å²) in [5, 5.41) is 18.1. The number of non-ortho nitro benzene ring substituents is 1. The molecule has 2 heterocycles. The second-order valence-electron chi connectivity index (χ2n) is 6.74. The first-order valence-corrected chi connectivity index (χ1v) is 9.05. The van der Waals surface area contributed by atoms with Gasteiger partial charge < -0.3 is 10.1 Å². The Bertz CT molecular complexity index is 1280. The first-order valence-electron chi connectivity index (χ1n) is 9.05. The molecule has 2 aromatic heterocycles. The van der Waals surface area contributed by atoms with Crippen LogP contribution in [-0.2, 0) is 0 Å². The van der Waals surface area contributed by atoms with E-state index in [0.717, 1.165) is 11.1 Å². The fourth-order valence-corrected chi connectivity index (χ4v) is 2.95. The SMILES string of the molecule is Cc1ccc(C)c(Oc2cc(NC(=O)c3cnn4cccnc34)cc([N+](=O)[O-])c2)c1. The minimum Gasteiger partial charge on any atom is -0.457 e. The number of amides is 1. The van der Waals surface area contributed by atoms with Crippen LogP contribution in [0.25, 0.3) is 5.65 Å². The Kier molecular flexibility index (Phi) is 4.85. The standard InChI is InChI=1S/C21H17N5O4/c1-13-4-5-14(2)19(8-13)30-17-10-15(9-16(11-17)26(28)29)24-21(27)18-12-23-25-7-3-6-22-20(18)25/h3-12H,1-2H3,(H,24,27). The Morgan fingerprint density at radius 3 is 2.83 bits per heavy atom. The van der Waals surface area contributed by atoms with Gasteiger partial charge in [0.05, 0.1) is 22.9 Å². The average molecular weight is 403 g/mol. The highest BCUT2D eigenvalue weighted by Crippen LogP contribution is 2.32. The van der Waals surface area contributed by atoms with E-state index in [0.29, 0.717) is 11.4 Å². The van der Waals surface area contributed by atoms with Crippen LogP contribution in [0.5, 0.6) is 11.5 Å². The predicted molar refractivity (Wildman–Crippen MR) is 110 cm³/mol. The predicted octanol–water partition coefficient (Wildman–Crippen LogP) is 4.30. The van der Waals surface area contributed by atoms with Gasteiger partial charge in [-0.25, -0.2) is 9.50 Å². The van der Waals surface area contributed by atoms with E-state index in [1.807, 2.05) is 32.0 Å². The zero-order valence-electron chi connectivity index (χ0n) is 16.2. The number of aromatic nitrogens is 3. The number of nitrogens with zero attached hydrogens (tertiary/aromatic N) is 4. The lowest BCUT2D eigenvalue weighted by molar-refractivity contribution is -0.384. The summed E-state index contributed by atoms with van der Waals surface area (Å²) in [6.07, 6.45) is 4.61. The zero-order chi connectivity index (χ0) is 21.3. The number of carbonyl (C=O) groups is 1. The molecule has 0 unspecified atom stereocenters. The van der Waals surface area contributed by atoms with E-state index in [2.05, 4.69) is 15.4 Å². The minimum absolute atomic E-state index is 0.203. The Hall–Kier alpha value is -4.27. The van der Waals surface area contributed by atoms with Gasteiger partial charge in [-0.2, -0.15) is 5.10 Å². The monoisotopic (exact) mass is 403 g/mol. The van der Waals surface area contributed by atoms with Gasteiger partial charge in [-0.15, -0.1) is 0 Å². The number of carbonyl (C=O) groups excluding carboxylic acids is 1. The van der Waals surface area contributed by atoms with Crippen molar-refractivity contribution in [3.63, 3.8) is 0 Å². The summed E-state index contributed by atoms with van der Waals surface area (Å²) in [5.74, 6) is 0.340. The maximum Gasteiger partial charge on any atom is 0.275 e. The fraction of sp³-hybridized carbons (Fsp3) is 0.0952. The van der Waals surface area contributed by atoms with Crippen molar-refractivity contribution in [3.05, 3.63) is 87.9 Å². The molecule has 0 saturated heterocycles. The number of nitro benzene ring substituents is 1. The molecule has 0 saturated carbocycles. The number of nitrogens with one attached hydrogen (secondary N) is 1. The van der Waals surface area contributed by atoms with Gasteiger partial charge in [-0.3, -0.25) is 14.9 Å². The number of rotatable bonds is 5. The number of benzene rings is 2. The van der Waals surface area contributed by atoms with Crippen LogP contribution in [0.1, 0.15) is 21.5 Å². The van der Waals surface area contributed by atoms with Gasteiger partial charge >= 0.3 is 0 Å². The molecule has 9 nitrogen and oxygen atoms in total. The topological polar surface area (TPSA) is 112 Å². The van der Waals surface area contributed by atoms with Crippen molar-refractivity contribution >= 4 is 22.9 Å². The molecule has 30 heavy (non-hydrogen) atoms. The molecule has 2 aromatic carbocycles. The molecule has 0 spiro atoms. The van der Waals surface area contributed by atoms with Gasteiger partial charge in [-0.05, 0) is 37.1 Å². The second-order valence-corrected chi connectivity index (χ2v) is 6.74. The molecule has 0 fully saturated rings. The van der Waals surface area contributed by atoms with Gasteiger partial charge in [0.15, 0.2) is 5.65 Å². The summed E-state index contributed by atoms with van der Waals surface area (Å²) in [7, 11) is 0. The number of anilines is 1. The molecule has 0 aliphatic heterocycles. The molecule has 0 bridgehead atoms. The van der Waals surface area contributed by atoms with Crippen molar-refractivity contribution in [1.29, 1.82) is 0 Å². The fourth-order valence-electron chi connectivity index (χ4n) is 2.95. The summed E-state index contributed by atoms with van der Waals surface area (Å²) in [4.78, 5) is 27.7. The van der Waals surface area contributed by atoms with E-state index in [4.69, 9.17) is 4.74 Å². The van der Waals surface area contributed by atoms with Gasteiger partial charge in [0.2, 0.25) is 0 Å². The van der Waals surface area contributed by atoms with Gasteiger partial charge in [-0.1, -0.05) is 12.1 Å². The number of hydrogen-bond donors (Lipinski definition) is 1. The van der Waals surface area contributed by atoms with Gasteiger partial charge in [0.1, 0.15) is 17.1 Å². The normalized spacial score (nSPS) is 10.7. The van der Waals surface area contributed by atoms with Crippen LogP contribution in [0.4, 0.5) is 11.4 Å². The van der Waals surface area contributed by atoms with Crippen LogP contribution >= 0.6 is 0 Å². The lowest BCUT2D eigenvalue weighted by atomic mass is 10.1. The Balaban J connectivity index is 1.66. The van der Waals surface area contributed by atoms with E-state index in [1.165, 1.54) is 28.9 Å². The largest absolute Gasteiger partial charge is 0.457 e. The highest BCUT2D eigenvalue weighted by Gasteiger charge is 2.17. The van der Waals surface area contributed by atoms with E-state index < -0.39 is 10.8 Å². The summed E-state index contributed by atoms with van der Waals surface area (Å²) < 4.78 is 7.35. The minimum atomic E-state index is -0.539. The van der Waals surface area contributed by atoms with Crippen molar-refractivity contribution in [2.24, 2.45) is 0 Å². The summed E-state index contributed by atoms with van der Waals surface area (Å²) >= 11 is 0. The molecule has 0 radical (unpaired) electrons. The molecule has 0 atom stereocenters. The molecule has 0 aliphatic carbocycles. The quantitative estimate of drug-likeness (QED) is 0.393. The van der Waals surface area contributed by atoms with E-state index in [-0.39, 0.29) is 22.7 Å². The van der Waals surface area contributed by atoms with Crippen LogP contribution < -0.4 is 10.1 Å². The van der Waals surface area contributed by atoms with Crippen LogP contribution in [0.2, 0.25) is 0 Å². The lowest BCUT2D eigenvalue weighted by Gasteiger charge is -2.11. The number of fused-ring (bicyclic) bond motifs is 1. The van der Waals surface area contributed by atoms with Crippen LogP contribution in [0.15, 0.2) is 61.1 Å². The number of aryl methyl sites for hydroxylation is 2. The van der Waals surface area contributed by atoms with E-state index in [9.17, 15) is 14.9 Å². The molecule has 1 N–H and O–H groups in total. The van der Waals surface area contributed by atoms with Gasteiger partial charge in [0, 0.05) is 24.5 Å². The third-order valence-corrected chi connectivity index (χ3v) is 4.46. The van der Waals surface area contributed by atoms with Gasteiger partial charge in [0.25, 0.3) is 11.6 Å². The molecular weight excluding hydrogens is 386 g/mol. The molecular formula is C21H17N5O4. The maximum absolute atomic E-state index is 12.7. The van der Waals surface area contributed by atoms with Crippen molar-refractivity contribution in [2.45, 2.75) is 13.8 Å². The zero-order valence-corrected chi connectivity index (χ0v) is 16.2. The third-order valence-electron chi connectivity index (χ3n) is 4.46. The molecule has 1 amide bonds. The van der Waals surface area contributed by atoms with Crippen molar-refractivity contribution in [1.82, 2.24) is 14.6 Å². The van der Waals surface area contributed by atoms with Crippen molar-refractivity contribution in [3.8, 4) is 11.5 Å². The molecule has 0 aliphatic rings. The van der Waals surface area contributed by atoms with E-state index in [1.54, 1.807) is 18.5 Å². The Morgan fingerprint density at radius 2 is 2.03 bits per heavy atom. The number of nitro groups is 1. The summed E-state index contributed by atoms with van der Waals surface area (Å²) in [6, 6.07) is 11.5. The molecule has 150 valence electrons. The Morgan fingerprint density at radius 1 is 1.20 bits per heavy atom.